The van der Waals surface area contributed by atoms with Crippen LogP contribution in [-0.2, 0) is 14.3 Å². The summed E-state index contributed by atoms with van der Waals surface area (Å²) < 4.78 is 10.7. The lowest BCUT2D eigenvalue weighted by atomic mass is 9.89. The van der Waals surface area contributed by atoms with E-state index < -0.39 is 0 Å². The molecular formula is C13H26O3. The highest BCUT2D eigenvalue weighted by Gasteiger charge is 2.20. The van der Waals surface area contributed by atoms with Crippen LogP contribution in [-0.4, -0.2) is 32.2 Å². The zero-order chi connectivity index (χ0) is 12.4. The predicted octanol–water partition coefficient (Wildman–Crippen LogP) is 2.83. The van der Waals surface area contributed by atoms with Crippen molar-refractivity contribution in [2.75, 3.05) is 26.4 Å². The normalized spacial score (nSPS) is 11.8. The third-order valence-electron chi connectivity index (χ3n) is 2.32. The van der Waals surface area contributed by atoms with Gasteiger partial charge in [0.1, 0.15) is 5.78 Å². The third kappa shape index (κ3) is 8.86. The number of unbranched alkanes of at least 4 members (excludes halogenated alkanes) is 1. The SMILES string of the molecule is CCCCOCCOCCC(=O)C(C)(C)C. The van der Waals surface area contributed by atoms with Crippen LogP contribution in [0.2, 0.25) is 0 Å². The lowest BCUT2D eigenvalue weighted by Crippen LogP contribution is -2.21. The van der Waals surface area contributed by atoms with Gasteiger partial charge in [-0.1, -0.05) is 34.1 Å². The van der Waals surface area contributed by atoms with E-state index in [1.165, 1.54) is 0 Å². The van der Waals surface area contributed by atoms with Crippen LogP contribution in [0.3, 0.4) is 0 Å². The van der Waals surface area contributed by atoms with Gasteiger partial charge in [0.25, 0.3) is 0 Å². The average molecular weight is 230 g/mol. The maximum Gasteiger partial charge on any atom is 0.140 e. The van der Waals surface area contributed by atoms with Crippen molar-refractivity contribution >= 4 is 5.78 Å². The molecule has 0 amide bonds. The van der Waals surface area contributed by atoms with Crippen molar-refractivity contribution in [3.63, 3.8) is 0 Å². The van der Waals surface area contributed by atoms with Crippen LogP contribution in [0.5, 0.6) is 0 Å². The predicted molar refractivity (Wildman–Crippen MR) is 65.6 cm³/mol. The summed E-state index contributed by atoms with van der Waals surface area (Å²) in [5, 5.41) is 0. The van der Waals surface area contributed by atoms with E-state index in [2.05, 4.69) is 6.92 Å². The van der Waals surface area contributed by atoms with Crippen molar-refractivity contribution in [3.8, 4) is 0 Å². The largest absolute Gasteiger partial charge is 0.379 e. The van der Waals surface area contributed by atoms with Crippen LogP contribution in [0.1, 0.15) is 47.0 Å². The summed E-state index contributed by atoms with van der Waals surface area (Å²) >= 11 is 0. The Morgan fingerprint density at radius 1 is 1.00 bits per heavy atom. The molecule has 3 heteroatoms. The van der Waals surface area contributed by atoms with Crippen LogP contribution < -0.4 is 0 Å². The second-order valence-corrected chi connectivity index (χ2v) is 5.00. The van der Waals surface area contributed by atoms with Gasteiger partial charge >= 0.3 is 0 Å². The Bertz CT molecular complexity index is 182. The van der Waals surface area contributed by atoms with E-state index in [0.717, 1.165) is 19.4 Å². The lowest BCUT2D eigenvalue weighted by molar-refractivity contribution is -0.127. The van der Waals surface area contributed by atoms with E-state index >= 15 is 0 Å². The van der Waals surface area contributed by atoms with E-state index in [4.69, 9.17) is 9.47 Å². The fourth-order valence-electron chi connectivity index (χ4n) is 1.11. The second-order valence-electron chi connectivity index (χ2n) is 5.00. The minimum atomic E-state index is -0.249. The third-order valence-corrected chi connectivity index (χ3v) is 2.32. The molecule has 0 bridgehead atoms. The van der Waals surface area contributed by atoms with Gasteiger partial charge in [0.05, 0.1) is 19.8 Å². The molecule has 0 N–H and O–H groups in total. The first-order valence-corrected chi connectivity index (χ1v) is 6.17. The minimum Gasteiger partial charge on any atom is -0.379 e. The number of hydrogen-bond acceptors (Lipinski definition) is 3. The Hall–Kier alpha value is -0.410. The number of rotatable bonds is 9. The number of ether oxygens (including phenoxy) is 2. The van der Waals surface area contributed by atoms with Crippen LogP contribution in [0.15, 0.2) is 0 Å². The van der Waals surface area contributed by atoms with Crippen molar-refractivity contribution in [2.45, 2.75) is 47.0 Å². The van der Waals surface area contributed by atoms with Crippen LogP contribution in [0.4, 0.5) is 0 Å². The quantitative estimate of drug-likeness (QED) is 0.571. The first-order chi connectivity index (χ1) is 7.48. The summed E-state index contributed by atoms with van der Waals surface area (Å²) in [6.45, 7) is 10.5. The van der Waals surface area contributed by atoms with E-state index in [9.17, 15) is 4.79 Å². The highest BCUT2D eigenvalue weighted by molar-refractivity contribution is 5.83. The first-order valence-electron chi connectivity index (χ1n) is 6.17. The summed E-state index contributed by atoms with van der Waals surface area (Å²) in [6.07, 6.45) is 2.75. The molecule has 0 aromatic rings. The molecule has 0 radical (unpaired) electrons. The molecule has 0 saturated heterocycles. The van der Waals surface area contributed by atoms with Gasteiger partial charge < -0.3 is 9.47 Å². The second kappa shape index (κ2) is 8.71. The topological polar surface area (TPSA) is 35.5 Å². The van der Waals surface area contributed by atoms with Gasteiger partial charge in [-0.2, -0.15) is 0 Å². The molecule has 0 aromatic carbocycles. The average Bonchev–Trinajstić information content (AvgIpc) is 2.20. The van der Waals surface area contributed by atoms with Crippen LogP contribution in [0, 0.1) is 5.41 Å². The molecule has 3 nitrogen and oxygen atoms in total. The molecule has 0 spiro atoms. The highest BCUT2D eigenvalue weighted by atomic mass is 16.5. The van der Waals surface area contributed by atoms with Gasteiger partial charge in [-0.05, 0) is 6.42 Å². The Kier molecular flexibility index (Phi) is 8.49. The fraction of sp³-hybridized carbons (Fsp3) is 0.923. The van der Waals surface area contributed by atoms with Gasteiger partial charge in [-0.15, -0.1) is 0 Å². The van der Waals surface area contributed by atoms with Gasteiger partial charge in [0.2, 0.25) is 0 Å². The fourth-order valence-corrected chi connectivity index (χ4v) is 1.11. The Morgan fingerprint density at radius 2 is 1.56 bits per heavy atom. The summed E-state index contributed by atoms with van der Waals surface area (Å²) in [4.78, 5) is 11.5. The summed E-state index contributed by atoms with van der Waals surface area (Å²) in [5.41, 5.74) is -0.249. The molecule has 16 heavy (non-hydrogen) atoms. The van der Waals surface area contributed by atoms with Crippen molar-refractivity contribution in [3.05, 3.63) is 0 Å². The zero-order valence-corrected chi connectivity index (χ0v) is 11.2. The number of Topliss-reactive ketones (excluding diaryl/α,β-unsaturated/α-hetero) is 1. The highest BCUT2D eigenvalue weighted by Crippen LogP contribution is 2.16. The zero-order valence-electron chi connectivity index (χ0n) is 11.2. The van der Waals surface area contributed by atoms with Crippen molar-refractivity contribution in [1.82, 2.24) is 0 Å². The van der Waals surface area contributed by atoms with Crippen LogP contribution in [0.25, 0.3) is 0 Å². The van der Waals surface area contributed by atoms with Gasteiger partial charge in [0, 0.05) is 18.4 Å². The van der Waals surface area contributed by atoms with Crippen molar-refractivity contribution in [1.29, 1.82) is 0 Å². The Balaban J connectivity index is 3.25. The van der Waals surface area contributed by atoms with Gasteiger partial charge in [-0.3, -0.25) is 4.79 Å². The smallest absolute Gasteiger partial charge is 0.140 e. The lowest BCUT2D eigenvalue weighted by Gasteiger charge is -2.16. The number of carbonyl (C=O) groups is 1. The number of carbonyl (C=O) groups excluding carboxylic acids is 1. The van der Waals surface area contributed by atoms with Crippen LogP contribution >= 0.6 is 0 Å². The molecule has 0 aliphatic carbocycles. The molecule has 96 valence electrons. The summed E-state index contributed by atoms with van der Waals surface area (Å²) in [7, 11) is 0. The van der Waals surface area contributed by atoms with Crippen molar-refractivity contribution < 1.29 is 14.3 Å². The molecule has 0 aliphatic heterocycles. The molecule has 0 fully saturated rings. The van der Waals surface area contributed by atoms with E-state index in [1.54, 1.807) is 0 Å². The summed E-state index contributed by atoms with van der Waals surface area (Å²) in [5.74, 6) is 0.249. The molecular weight excluding hydrogens is 204 g/mol. The van der Waals surface area contributed by atoms with E-state index in [0.29, 0.717) is 26.2 Å². The summed E-state index contributed by atoms with van der Waals surface area (Å²) in [6, 6.07) is 0. The standard InChI is InChI=1S/C13H26O3/c1-5-6-8-15-10-11-16-9-7-12(14)13(2,3)4/h5-11H2,1-4H3. The first kappa shape index (κ1) is 15.6. The molecule has 0 aromatic heterocycles. The Labute approximate surface area is 99.5 Å². The van der Waals surface area contributed by atoms with E-state index in [1.807, 2.05) is 20.8 Å². The molecule has 0 unspecified atom stereocenters. The minimum absolute atomic E-state index is 0.249. The van der Waals surface area contributed by atoms with Crippen molar-refractivity contribution in [2.24, 2.45) is 5.41 Å². The molecule has 0 saturated carbocycles. The maximum absolute atomic E-state index is 11.5. The van der Waals surface area contributed by atoms with Gasteiger partial charge in [0.15, 0.2) is 0 Å². The molecule has 0 rings (SSSR count). The van der Waals surface area contributed by atoms with Gasteiger partial charge in [-0.25, -0.2) is 0 Å². The van der Waals surface area contributed by atoms with E-state index in [-0.39, 0.29) is 11.2 Å². The Morgan fingerprint density at radius 3 is 2.06 bits per heavy atom. The molecule has 0 heterocycles. The number of ketones is 1. The number of hydrogen-bond donors (Lipinski definition) is 0. The monoisotopic (exact) mass is 230 g/mol. The maximum atomic E-state index is 11.5. The molecule has 0 aliphatic rings. The molecule has 0 atom stereocenters.